The second kappa shape index (κ2) is 5.37. The van der Waals surface area contributed by atoms with Crippen LogP contribution in [0.2, 0.25) is 10.0 Å². The smallest absolute Gasteiger partial charge is 0.335 e. The van der Waals surface area contributed by atoms with Gasteiger partial charge in [0.1, 0.15) is 0 Å². The van der Waals surface area contributed by atoms with Crippen LogP contribution in [0.15, 0.2) is 22.0 Å². The molecule has 8 heteroatoms. The fourth-order valence-electron chi connectivity index (χ4n) is 1.01. The van der Waals surface area contributed by atoms with Crippen molar-refractivity contribution in [2.45, 2.75) is 11.1 Å². The molecule has 94 valence electrons. The Morgan fingerprint density at radius 2 is 1.88 bits per heavy atom. The molecule has 0 unspecified atom stereocenters. The summed E-state index contributed by atoms with van der Waals surface area (Å²) in [6, 6.07) is 2.60. The van der Waals surface area contributed by atoms with E-state index in [0.717, 1.165) is 7.05 Å². The topological polar surface area (TPSA) is 24.4 Å². The van der Waals surface area contributed by atoms with E-state index in [1.165, 1.54) is 12.1 Å². The zero-order chi connectivity index (χ0) is 13.2. The molecule has 0 fully saturated rings. The van der Waals surface area contributed by atoms with E-state index in [0.29, 0.717) is 4.90 Å². The highest BCUT2D eigenvalue weighted by Gasteiger charge is 2.35. The first kappa shape index (κ1) is 14.5. The van der Waals surface area contributed by atoms with Crippen LogP contribution >= 0.6 is 35.8 Å². The Hall–Kier alpha value is -0.590. The molecule has 17 heavy (non-hydrogen) atoms. The summed E-state index contributed by atoms with van der Waals surface area (Å²) in [4.78, 5) is 3.43. The molecule has 1 aromatic rings. The Labute approximate surface area is 111 Å². The van der Waals surface area contributed by atoms with Gasteiger partial charge >= 0.3 is 6.18 Å². The number of hydrogen-bond acceptors (Lipinski definition) is 2. The lowest BCUT2D eigenvalue weighted by Gasteiger charge is -2.14. The van der Waals surface area contributed by atoms with Crippen LogP contribution in [0.5, 0.6) is 0 Å². The molecule has 0 heterocycles. The summed E-state index contributed by atoms with van der Waals surface area (Å²) in [7, 11) is 1.03. The largest absolute Gasteiger partial charge is 0.449 e. The van der Waals surface area contributed by atoms with Gasteiger partial charge in [-0.15, -0.1) is 12.6 Å². The number of alkyl halides is 3. The third-order valence-corrected chi connectivity index (χ3v) is 2.91. The maximum absolute atomic E-state index is 12.4. The number of nitrogens with zero attached hydrogens (tertiary/aromatic N) is 1. The summed E-state index contributed by atoms with van der Waals surface area (Å²) in [6.07, 6.45) is -4.57. The van der Waals surface area contributed by atoms with Crippen molar-refractivity contribution >= 4 is 47.4 Å². The van der Waals surface area contributed by atoms with E-state index in [1.54, 1.807) is 0 Å². The maximum Gasteiger partial charge on any atom is 0.449 e. The van der Waals surface area contributed by atoms with Crippen molar-refractivity contribution in [3.05, 3.63) is 22.2 Å². The molecule has 0 spiro atoms. The molecule has 0 atom stereocenters. The van der Waals surface area contributed by atoms with Crippen molar-refractivity contribution < 1.29 is 13.2 Å². The third-order valence-electron chi connectivity index (χ3n) is 1.78. The molecule has 0 aliphatic carbocycles. The summed E-state index contributed by atoms with van der Waals surface area (Å²) < 4.78 is 37.3. The molecule has 0 amide bonds. The Morgan fingerprint density at radius 1 is 1.29 bits per heavy atom. The number of nitrogens with one attached hydrogen (secondary N) is 1. The average molecular weight is 303 g/mol. The summed E-state index contributed by atoms with van der Waals surface area (Å²) in [5.74, 6) is -1.14. The van der Waals surface area contributed by atoms with Crippen molar-refractivity contribution in [1.82, 2.24) is 0 Å². The molecule has 0 bridgehead atoms. The van der Waals surface area contributed by atoms with E-state index in [4.69, 9.17) is 23.2 Å². The van der Waals surface area contributed by atoms with E-state index >= 15 is 0 Å². The molecule has 1 aromatic carbocycles. The summed E-state index contributed by atoms with van der Waals surface area (Å²) in [5, 5.41) is 2.40. The number of thiol groups is 1. The minimum atomic E-state index is -4.57. The van der Waals surface area contributed by atoms with Crippen LogP contribution in [-0.4, -0.2) is 19.1 Å². The van der Waals surface area contributed by atoms with Crippen LogP contribution in [0.4, 0.5) is 18.9 Å². The lowest BCUT2D eigenvalue weighted by Crippen LogP contribution is -2.30. The molecule has 0 saturated carbocycles. The Kier molecular flexibility index (Phi) is 4.57. The van der Waals surface area contributed by atoms with Crippen molar-refractivity contribution in [2.75, 3.05) is 12.4 Å². The van der Waals surface area contributed by atoms with Crippen LogP contribution in [0, 0.1) is 0 Å². The number of amidine groups is 1. The highest BCUT2D eigenvalue weighted by atomic mass is 35.5. The molecule has 0 radical (unpaired) electrons. The van der Waals surface area contributed by atoms with E-state index in [9.17, 15) is 13.2 Å². The van der Waals surface area contributed by atoms with Crippen molar-refractivity contribution in [3.8, 4) is 0 Å². The van der Waals surface area contributed by atoms with Crippen LogP contribution in [-0.2, 0) is 0 Å². The van der Waals surface area contributed by atoms with Gasteiger partial charge in [-0.3, -0.25) is 4.99 Å². The molecule has 0 aromatic heterocycles. The highest BCUT2D eigenvalue weighted by molar-refractivity contribution is 7.80. The fourth-order valence-corrected chi connectivity index (χ4v) is 1.64. The molecule has 0 aliphatic rings. The number of halogens is 5. The number of aliphatic imine (C=N–C) groups is 1. The second-order valence-electron chi connectivity index (χ2n) is 2.98. The molecule has 1 rings (SSSR count). The van der Waals surface area contributed by atoms with Gasteiger partial charge in [-0.05, 0) is 12.1 Å². The molecule has 2 nitrogen and oxygen atoms in total. The predicted octanol–water partition coefficient (Wildman–Crippen LogP) is 4.28. The summed E-state index contributed by atoms with van der Waals surface area (Å²) in [5.41, 5.74) is 0.0407. The first-order valence-electron chi connectivity index (χ1n) is 4.24. The van der Waals surface area contributed by atoms with Gasteiger partial charge in [0.05, 0.1) is 15.7 Å². The zero-order valence-corrected chi connectivity index (χ0v) is 10.8. The Morgan fingerprint density at radius 3 is 2.35 bits per heavy atom. The van der Waals surface area contributed by atoms with E-state index in [-0.39, 0.29) is 15.7 Å². The minimum Gasteiger partial charge on any atom is -0.335 e. The van der Waals surface area contributed by atoms with Gasteiger partial charge in [0.2, 0.25) is 5.84 Å². The van der Waals surface area contributed by atoms with Gasteiger partial charge in [-0.25, -0.2) is 0 Å². The quantitative estimate of drug-likeness (QED) is 0.451. The molecule has 0 aliphatic heterocycles. The molecular formula is C9H7Cl2F3N2S. The Balaban J connectivity index is 3.08. The average Bonchev–Trinajstić information content (AvgIpc) is 2.19. The summed E-state index contributed by atoms with van der Waals surface area (Å²) in [6.45, 7) is 0. The lowest BCUT2D eigenvalue weighted by atomic mass is 10.3. The minimum absolute atomic E-state index is 0.0407. The van der Waals surface area contributed by atoms with Crippen LogP contribution < -0.4 is 5.32 Å². The van der Waals surface area contributed by atoms with Gasteiger partial charge in [-0.2, -0.15) is 13.2 Å². The Bertz CT molecular complexity index is 460. The van der Waals surface area contributed by atoms with Crippen molar-refractivity contribution in [3.63, 3.8) is 0 Å². The SMILES string of the molecule is CN=C(Nc1cc(S)c(Cl)cc1Cl)C(F)(F)F. The normalized spacial score (nSPS) is 12.8. The fraction of sp³-hybridized carbons (Fsp3) is 0.222. The number of rotatable bonds is 1. The maximum atomic E-state index is 12.4. The van der Waals surface area contributed by atoms with Crippen LogP contribution in [0.25, 0.3) is 0 Å². The standard InChI is InChI=1S/C9H7Cl2F3N2S/c1-15-8(9(12,13)14)16-6-3-7(17)5(11)2-4(6)10/h2-3,17H,1H3,(H,15,16). The third kappa shape index (κ3) is 3.69. The van der Waals surface area contributed by atoms with E-state index < -0.39 is 12.0 Å². The molecule has 1 N–H and O–H groups in total. The predicted molar refractivity (Wildman–Crippen MR) is 66.8 cm³/mol. The number of benzene rings is 1. The van der Waals surface area contributed by atoms with Gasteiger partial charge < -0.3 is 5.32 Å². The van der Waals surface area contributed by atoms with Gasteiger partial charge in [0.15, 0.2) is 0 Å². The van der Waals surface area contributed by atoms with Crippen molar-refractivity contribution in [2.24, 2.45) is 4.99 Å². The van der Waals surface area contributed by atoms with Crippen LogP contribution in [0.1, 0.15) is 0 Å². The molecular weight excluding hydrogens is 296 g/mol. The van der Waals surface area contributed by atoms with E-state index in [2.05, 4.69) is 22.9 Å². The van der Waals surface area contributed by atoms with Gasteiger partial charge in [0, 0.05) is 11.9 Å². The highest BCUT2D eigenvalue weighted by Crippen LogP contribution is 2.32. The van der Waals surface area contributed by atoms with Gasteiger partial charge in [0.25, 0.3) is 0 Å². The monoisotopic (exact) mass is 302 g/mol. The van der Waals surface area contributed by atoms with Crippen LogP contribution in [0.3, 0.4) is 0 Å². The first-order chi connectivity index (χ1) is 7.75. The van der Waals surface area contributed by atoms with E-state index in [1.807, 2.05) is 0 Å². The lowest BCUT2D eigenvalue weighted by molar-refractivity contribution is -0.0587. The number of hydrogen-bond donors (Lipinski definition) is 2. The zero-order valence-electron chi connectivity index (χ0n) is 8.44. The summed E-state index contributed by atoms with van der Waals surface area (Å²) >= 11 is 15.4. The number of anilines is 1. The first-order valence-corrected chi connectivity index (χ1v) is 5.45. The second-order valence-corrected chi connectivity index (χ2v) is 4.27. The molecule has 0 saturated heterocycles. The van der Waals surface area contributed by atoms with Crippen molar-refractivity contribution in [1.29, 1.82) is 0 Å². The van der Waals surface area contributed by atoms with Gasteiger partial charge in [-0.1, -0.05) is 23.2 Å².